The van der Waals surface area contributed by atoms with Crippen LogP contribution in [0.3, 0.4) is 0 Å². The Hall–Kier alpha value is -0.860. The van der Waals surface area contributed by atoms with Crippen LogP contribution in [-0.2, 0) is 11.3 Å². The lowest BCUT2D eigenvalue weighted by Gasteiger charge is -2.37. The van der Waals surface area contributed by atoms with Gasteiger partial charge in [-0.1, -0.05) is 38.1 Å². The van der Waals surface area contributed by atoms with Crippen LogP contribution >= 0.6 is 0 Å². The van der Waals surface area contributed by atoms with E-state index in [1.54, 1.807) is 0 Å². The zero-order valence-corrected chi connectivity index (χ0v) is 12.0. The molecule has 1 unspecified atom stereocenters. The molecule has 1 aliphatic heterocycles. The molecule has 2 nitrogen and oxygen atoms in total. The molecular weight excluding hydrogens is 222 g/mol. The molecule has 1 aromatic carbocycles. The number of ether oxygens (including phenoxy) is 1. The zero-order chi connectivity index (χ0) is 13.0. The molecule has 1 aliphatic rings. The first-order valence-electron chi connectivity index (χ1n) is 7.13. The number of benzene rings is 1. The second kappa shape index (κ2) is 5.85. The SMILES string of the molecule is CCC(C)c1ccc(C[N+]2(C)CCOCC2)cc1. The molecule has 100 valence electrons. The van der Waals surface area contributed by atoms with Crippen molar-refractivity contribution in [2.24, 2.45) is 0 Å². The Morgan fingerprint density at radius 3 is 2.33 bits per heavy atom. The van der Waals surface area contributed by atoms with Gasteiger partial charge in [0.2, 0.25) is 0 Å². The Morgan fingerprint density at radius 1 is 1.17 bits per heavy atom. The smallest absolute Gasteiger partial charge is 0.104 e. The van der Waals surface area contributed by atoms with Crippen molar-refractivity contribution in [1.29, 1.82) is 0 Å². The van der Waals surface area contributed by atoms with Crippen LogP contribution in [0.25, 0.3) is 0 Å². The lowest BCUT2D eigenvalue weighted by atomic mass is 9.97. The largest absolute Gasteiger partial charge is 0.370 e. The van der Waals surface area contributed by atoms with Crippen molar-refractivity contribution < 1.29 is 9.22 Å². The van der Waals surface area contributed by atoms with Gasteiger partial charge in [0.1, 0.15) is 19.6 Å². The van der Waals surface area contributed by atoms with E-state index in [4.69, 9.17) is 4.74 Å². The van der Waals surface area contributed by atoms with Crippen LogP contribution < -0.4 is 0 Å². The average Bonchev–Trinajstić information content (AvgIpc) is 2.39. The molecule has 0 radical (unpaired) electrons. The van der Waals surface area contributed by atoms with Gasteiger partial charge in [-0.3, -0.25) is 0 Å². The van der Waals surface area contributed by atoms with Gasteiger partial charge < -0.3 is 9.22 Å². The van der Waals surface area contributed by atoms with Gasteiger partial charge >= 0.3 is 0 Å². The summed E-state index contributed by atoms with van der Waals surface area (Å²) in [5.41, 5.74) is 2.91. The van der Waals surface area contributed by atoms with Crippen molar-refractivity contribution in [3.05, 3.63) is 35.4 Å². The molecule has 2 heteroatoms. The maximum absolute atomic E-state index is 5.45. The molecule has 0 aromatic heterocycles. The molecule has 18 heavy (non-hydrogen) atoms. The van der Waals surface area contributed by atoms with E-state index in [9.17, 15) is 0 Å². The predicted molar refractivity (Wildman–Crippen MR) is 75.6 cm³/mol. The van der Waals surface area contributed by atoms with Crippen molar-refractivity contribution in [1.82, 2.24) is 0 Å². The van der Waals surface area contributed by atoms with Crippen LogP contribution in [0.4, 0.5) is 0 Å². The van der Waals surface area contributed by atoms with Crippen molar-refractivity contribution in [2.45, 2.75) is 32.7 Å². The molecule has 1 aromatic rings. The highest BCUT2D eigenvalue weighted by atomic mass is 16.5. The van der Waals surface area contributed by atoms with E-state index in [1.165, 1.54) is 17.5 Å². The summed E-state index contributed by atoms with van der Waals surface area (Å²) in [5.74, 6) is 0.673. The van der Waals surface area contributed by atoms with Gasteiger partial charge in [-0.05, 0) is 17.9 Å². The second-order valence-electron chi connectivity index (χ2n) is 5.89. The van der Waals surface area contributed by atoms with E-state index in [0.717, 1.165) is 37.3 Å². The third-order valence-electron chi connectivity index (χ3n) is 4.28. The zero-order valence-electron chi connectivity index (χ0n) is 12.0. The highest BCUT2D eigenvalue weighted by Crippen LogP contribution is 2.21. The molecule has 1 saturated heterocycles. The molecule has 0 bridgehead atoms. The van der Waals surface area contributed by atoms with Crippen molar-refractivity contribution >= 4 is 0 Å². The first-order chi connectivity index (χ1) is 8.63. The molecule has 0 aliphatic carbocycles. The summed E-state index contributed by atoms with van der Waals surface area (Å²) in [5, 5.41) is 0. The Balaban J connectivity index is 2.01. The first-order valence-corrected chi connectivity index (χ1v) is 7.13. The fourth-order valence-electron chi connectivity index (χ4n) is 2.57. The molecular formula is C16H26NO+. The molecule has 1 atom stereocenters. The minimum atomic E-state index is 0.673. The summed E-state index contributed by atoms with van der Waals surface area (Å²) in [6.45, 7) is 9.75. The number of nitrogens with zero attached hydrogens (tertiary/aromatic N) is 1. The number of hydrogen-bond donors (Lipinski definition) is 0. The summed E-state index contributed by atoms with van der Waals surface area (Å²) in [6.07, 6.45) is 1.21. The van der Waals surface area contributed by atoms with Crippen molar-refractivity contribution in [3.8, 4) is 0 Å². The molecule has 0 spiro atoms. The number of likely N-dealkylation sites (N-methyl/N-ethyl adjacent to an activating group) is 1. The fraction of sp³-hybridized carbons (Fsp3) is 0.625. The summed E-state index contributed by atoms with van der Waals surface area (Å²) < 4.78 is 6.57. The topological polar surface area (TPSA) is 9.23 Å². The fourth-order valence-corrected chi connectivity index (χ4v) is 2.57. The van der Waals surface area contributed by atoms with Crippen LogP contribution in [0.2, 0.25) is 0 Å². The maximum atomic E-state index is 5.45. The second-order valence-corrected chi connectivity index (χ2v) is 5.89. The van der Waals surface area contributed by atoms with E-state index < -0.39 is 0 Å². The summed E-state index contributed by atoms with van der Waals surface area (Å²) >= 11 is 0. The Kier molecular flexibility index (Phi) is 4.41. The minimum Gasteiger partial charge on any atom is -0.370 e. The lowest BCUT2D eigenvalue weighted by Crippen LogP contribution is -2.51. The normalized spacial score (nSPS) is 20.6. The average molecular weight is 248 g/mol. The highest BCUT2D eigenvalue weighted by molar-refractivity contribution is 5.24. The highest BCUT2D eigenvalue weighted by Gasteiger charge is 2.25. The number of rotatable bonds is 4. The van der Waals surface area contributed by atoms with Crippen LogP contribution in [0, 0.1) is 0 Å². The molecule has 0 N–H and O–H groups in total. The monoisotopic (exact) mass is 248 g/mol. The maximum Gasteiger partial charge on any atom is 0.104 e. The third kappa shape index (κ3) is 3.33. The molecule has 2 rings (SSSR count). The van der Waals surface area contributed by atoms with Gasteiger partial charge in [0.25, 0.3) is 0 Å². The molecule has 1 heterocycles. The number of hydrogen-bond acceptors (Lipinski definition) is 1. The summed E-state index contributed by atoms with van der Waals surface area (Å²) in [4.78, 5) is 0. The minimum absolute atomic E-state index is 0.673. The van der Waals surface area contributed by atoms with Crippen molar-refractivity contribution in [2.75, 3.05) is 33.4 Å². The molecule has 0 amide bonds. The number of morpholine rings is 1. The van der Waals surface area contributed by atoms with Gasteiger partial charge in [0.15, 0.2) is 0 Å². The predicted octanol–water partition coefficient (Wildman–Crippen LogP) is 3.18. The van der Waals surface area contributed by atoms with Gasteiger partial charge in [-0.15, -0.1) is 0 Å². The van der Waals surface area contributed by atoms with Crippen LogP contribution in [0.1, 0.15) is 37.3 Å². The Morgan fingerprint density at radius 2 is 1.78 bits per heavy atom. The van der Waals surface area contributed by atoms with E-state index >= 15 is 0 Å². The van der Waals surface area contributed by atoms with Gasteiger partial charge in [0.05, 0.1) is 20.3 Å². The third-order valence-corrected chi connectivity index (χ3v) is 4.28. The van der Waals surface area contributed by atoms with Crippen LogP contribution in [-0.4, -0.2) is 37.8 Å². The van der Waals surface area contributed by atoms with Crippen LogP contribution in [0.15, 0.2) is 24.3 Å². The van der Waals surface area contributed by atoms with Gasteiger partial charge in [-0.25, -0.2) is 0 Å². The van der Waals surface area contributed by atoms with E-state index in [0.29, 0.717) is 5.92 Å². The van der Waals surface area contributed by atoms with Crippen LogP contribution in [0.5, 0.6) is 0 Å². The van der Waals surface area contributed by atoms with E-state index in [2.05, 4.69) is 45.2 Å². The standard InChI is InChI=1S/C16H26NO/c1-4-14(2)16-7-5-15(6-8-16)13-17(3)9-11-18-12-10-17/h5-8,14H,4,9-13H2,1-3H3/q+1. The summed E-state index contributed by atoms with van der Waals surface area (Å²) in [7, 11) is 2.34. The quantitative estimate of drug-likeness (QED) is 0.744. The Labute approximate surface area is 111 Å². The lowest BCUT2D eigenvalue weighted by molar-refractivity contribution is -0.929. The van der Waals surface area contributed by atoms with Gasteiger partial charge in [-0.2, -0.15) is 0 Å². The van der Waals surface area contributed by atoms with Gasteiger partial charge in [0, 0.05) is 5.56 Å². The first kappa shape index (κ1) is 13.6. The van der Waals surface area contributed by atoms with Crippen molar-refractivity contribution in [3.63, 3.8) is 0 Å². The van der Waals surface area contributed by atoms with E-state index in [-0.39, 0.29) is 0 Å². The molecule has 1 fully saturated rings. The summed E-state index contributed by atoms with van der Waals surface area (Å²) in [6, 6.07) is 9.22. The Bertz CT molecular complexity index is 365. The van der Waals surface area contributed by atoms with E-state index in [1.807, 2.05) is 0 Å². The molecule has 0 saturated carbocycles. The number of quaternary nitrogens is 1.